The van der Waals surface area contributed by atoms with Crippen LogP contribution in [0.2, 0.25) is 0 Å². The quantitative estimate of drug-likeness (QED) is 0.877. The highest BCUT2D eigenvalue weighted by Gasteiger charge is 2.31. The first-order valence-corrected chi connectivity index (χ1v) is 6.59. The molecular formula is C15H12F4N2O2. The number of carbonyl (C=O) groups is 1. The lowest BCUT2D eigenvalue weighted by Crippen LogP contribution is -2.24. The van der Waals surface area contributed by atoms with E-state index in [0.717, 1.165) is 22.8 Å². The zero-order chi connectivity index (χ0) is 17.0. The van der Waals surface area contributed by atoms with Gasteiger partial charge in [-0.3, -0.25) is 9.59 Å². The molecule has 0 saturated carbocycles. The van der Waals surface area contributed by atoms with Crippen molar-refractivity contribution in [2.75, 3.05) is 5.32 Å². The molecule has 0 bridgehead atoms. The van der Waals surface area contributed by atoms with Gasteiger partial charge in [-0.15, -0.1) is 0 Å². The molecule has 23 heavy (non-hydrogen) atoms. The van der Waals surface area contributed by atoms with E-state index in [9.17, 15) is 27.2 Å². The van der Waals surface area contributed by atoms with Crippen molar-refractivity contribution in [3.63, 3.8) is 0 Å². The third-order valence-electron chi connectivity index (χ3n) is 3.02. The van der Waals surface area contributed by atoms with Crippen LogP contribution < -0.4 is 10.9 Å². The molecule has 1 N–H and O–H groups in total. The molecule has 122 valence electrons. The highest BCUT2D eigenvalue weighted by Crippen LogP contribution is 2.28. The van der Waals surface area contributed by atoms with E-state index >= 15 is 0 Å². The second kappa shape index (κ2) is 6.64. The number of nitrogens with zero attached hydrogens (tertiary/aromatic N) is 1. The van der Waals surface area contributed by atoms with Crippen LogP contribution in [0, 0.1) is 5.82 Å². The molecule has 2 rings (SSSR count). The summed E-state index contributed by atoms with van der Waals surface area (Å²) in [5.74, 6) is -0.959. The first-order chi connectivity index (χ1) is 10.8. The lowest BCUT2D eigenvalue weighted by Gasteiger charge is -2.11. The lowest BCUT2D eigenvalue weighted by molar-refractivity contribution is -0.138. The van der Waals surface area contributed by atoms with Gasteiger partial charge in [-0.1, -0.05) is 0 Å². The smallest absolute Gasteiger partial charge is 0.326 e. The maximum absolute atomic E-state index is 12.7. The fourth-order valence-electron chi connectivity index (χ4n) is 1.85. The minimum absolute atomic E-state index is 0.196. The van der Waals surface area contributed by atoms with Crippen molar-refractivity contribution in [3.05, 3.63) is 64.3 Å². The Hall–Kier alpha value is -2.64. The van der Waals surface area contributed by atoms with E-state index in [2.05, 4.69) is 5.32 Å². The molecule has 0 aliphatic rings. The van der Waals surface area contributed by atoms with Crippen molar-refractivity contribution >= 4 is 11.6 Å². The van der Waals surface area contributed by atoms with Gasteiger partial charge < -0.3 is 9.88 Å². The number of carbonyl (C=O) groups excluding carboxylic acids is 1. The number of hydrogen-bond acceptors (Lipinski definition) is 2. The highest BCUT2D eigenvalue weighted by atomic mass is 19.4. The van der Waals surface area contributed by atoms with Crippen LogP contribution in [0.5, 0.6) is 0 Å². The molecule has 0 radical (unpaired) electrons. The molecule has 0 fully saturated rings. The SMILES string of the molecule is O=C(CCn1cc(C(F)(F)F)ccc1=O)Nc1ccc(F)cc1. The topological polar surface area (TPSA) is 51.1 Å². The van der Waals surface area contributed by atoms with E-state index in [4.69, 9.17) is 0 Å². The Morgan fingerprint density at radius 2 is 1.74 bits per heavy atom. The zero-order valence-electron chi connectivity index (χ0n) is 11.7. The number of alkyl halides is 3. The van der Waals surface area contributed by atoms with E-state index < -0.39 is 29.0 Å². The van der Waals surface area contributed by atoms with E-state index in [1.807, 2.05) is 0 Å². The van der Waals surface area contributed by atoms with E-state index in [0.29, 0.717) is 18.0 Å². The lowest BCUT2D eigenvalue weighted by atomic mass is 10.2. The Kier molecular flexibility index (Phi) is 4.83. The first-order valence-electron chi connectivity index (χ1n) is 6.59. The average Bonchev–Trinajstić information content (AvgIpc) is 2.47. The molecule has 0 aliphatic heterocycles. The summed E-state index contributed by atoms with van der Waals surface area (Å²) in [4.78, 5) is 23.3. The van der Waals surface area contributed by atoms with Gasteiger partial charge in [-0.25, -0.2) is 4.39 Å². The Balaban J connectivity index is 2.01. The molecule has 1 aromatic carbocycles. The number of anilines is 1. The summed E-state index contributed by atoms with van der Waals surface area (Å²) in [6.45, 7) is -0.199. The van der Waals surface area contributed by atoms with Gasteiger partial charge in [0.05, 0.1) is 5.56 Å². The summed E-state index contributed by atoms with van der Waals surface area (Å²) in [6.07, 6.45) is -4.09. The van der Waals surface area contributed by atoms with Crippen molar-refractivity contribution in [3.8, 4) is 0 Å². The Labute approximate surface area is 128 Å². The van der Waals surface area contributed by atoms with E-state index in [1.165, 1.54) is 12.1 Å². The monoisotopic (exact) mass is 328 g/mol. The number of aromatic nitrogens is 1. The van der Waals surface area contributed by atoms with Crippen LogP contribution >= 0.6 is 0 Å². The summed E-state index contributed by atoms with van der Waals surface area (Å²) >= 11 is 0. The van der Waals surface area contributed by atoms with E-state index in [1.54, 1.807) is 0 Å². The van der Waals surface area contributed by atoms with Crippen LogP contribution in [-0.4, -0.2) is 10.5 Å². The van der Waals surface area contributed by atoms with Crippen LogP contribution in [0.15, 0.2) is 47.4 Å². The highest BCUT2D eigenvalue weighted by molar-refractivity contribution is 5.90. The Morgan fingerprint density at radius 3 is 2.35 bits per heavy atom. The molecule has 1 amide bonds. The minimum Gasteiger partial charge on any atom is -0.326 e. The van der Waals surface area contributed by atoms with Gasteiger partial charge in [0.15, 0.2) is 0 Å². The normalized spacial score (nSPS) is 11.3. The number of hydrogen-bond donors (Lipinski definition) is 1. The Morgan fingerprint density at radius 1 is 1.09 bits per heavy atom. The van der Waals surface area contributed by atoms with Gasteiger partial charge in [0.2, 0.25) is 5.91 Å². The maximum Gasteiger partial charge on any atom is 0.417 e. The molecule has 8 heteroatoms. The number of rotatable bonds is 4. The second-order valence-electron chi connectivity index (χ2n) is 4.75. The number of pyridine rings is 1. The Bertz CT molecular complexity index is 751. The summed E-state index contributed by atoms with van der Waals surface area (Å²) in [5.41, 5.74) is -1.24. The summed E-state index contributed by atoms with van der Waals surface area (Å²) in [7, 11) is 0. The van der Waals surface area contributed by atoms with E-state index in [-0.39, 0.29) is 13.0 Å². The first kappa shape index (κ1) is 16.7. The third kappa shape index (κ3) is 4.67. The van der Waals surface area contributed by atoms with Crippen molar-refractivity contribution < 1.29 is 22.4 Å². The fourth-order valence-corrected chi connectivity index (χ4v) is 1.85. The van der Waals surface area contributed by atoms with Crippen molar-refractivity contribution in [1.82, 2.24) is 4.57 Å². The molecule has 0 spiro atoms. The molecule has 0 atom stereocenters. The number of nitrogens with one attached hydrogen (secondary N) is 1. The molecule has 4 nitrogen and oxygen atoms in total. The van der Waals surface area contributed by atoms with Crippen LogP contribution in [0.3, 0.4) is 0 Å². The van der Waals surface area contributed by atoms with Gasteiger partial charge in [0.1, 0.15) is 5.82 Å². The number of aryl methyl sites for hydroxylation is 1. The van der Waals surface area contributed by atoms with Crippen LogP contribution in [0.4, 0.5) is 23.2 Å². The van der Waals surface area contributed by atoms with Gasteiger partial charge in [0, 0.05) is 30.9 Å². The van der Waals surface area contributed by atoms with Crippen LogP contribution in [-0.2, 0) is 17.5 Å². The largest absolute Gasteiger partial charge is 0.417 e. The minimum atomic E-state index is -4.56. The average molecular weight is 328 g/mol. The maximum atomic E-state index is 12.7. The number of amides is 1. The third-order valence-corrected chi connectivity index (χ3v) is 3.02. The molecule has 0 unspecified atom stereocenters. The number of benzene rings is 1. The molecule has 1 aromatic heterocycles. The van der Waals surface area contributed by atoms with Crippen molar-refractivity contribution in [2.24, 2.45) is 0 Å². The standard InChI is InChI=1S/C15H12F4N2O2/c16-11-2-4-12(5-3-11)20-13(22)7-8-21-9-10(15(17,18)19)1-6-14(21)23/h1-6,9H,7-8H2,(H,20,22). The molecule has 1 heterocycles. The van der Waals surface area contributed by atoms with Gasteiger partial charge >= 0.3 is 6.18 Å². The molecular weight excluding hydrogens is 316 g/mol. The van der Waals surface area contributed by atoms with Crippen LogP contribution in [0.25, 0.3) is 0 Å². The van der Waals surface area contributed by atoms with Gasteiger partial charge in [-0.2, -0.15) is 13.2 Å². The second-order valence-corrected chi connectivity index (χ2v) is 4.75. The summed E-state index contributed by atoms with van der Waals surface area (Å²) in [5, 5.41) is 2.46. The fraction of sp³-hybridized carbons (Fsp3) is 0.200. The van der Waals surface area contributed by atoms with Crippen LogP contribution in [0.1, 0.15) is 12.0 Å². The summed E-state index contributed by atoms with van der Waals surface area (Å²) in [6, 6.07) is 6.52. The van der Waals surface area contributed by atoms with Gasteiger partial charge in [-0.05, 0) is 30.3 Å². The number of halogens is 4. The molecule has 0 aliphatic carbocycles. The van der Waals surface area contributed by atoms with Crippen molar-refractivity contribution in [2.45, 2.75) is 19.1 Å². The van der Waals surface area contributed by atoms with Crippen molar-refractivity contribution in [1.29, 1.82) is 0 Å². The zero-order valence-corrected chi connectivity index (χ0v) is 11.7. The predicted molar refractivity (Wildman–Crippen MR) is 75.4 cm³/mol. The molecule has 0 saturated heterocycles. The summed E-state index contributed by atoms with van der Waals surface area (Å²) < 4.78 is 51.3. The predicted octanol–water partition coefficient (Wildman–Crippen LogP) is 3.04. The van der Waals surface area contributed by atoms with Gasteiger partial charge in [0.25, 0.3) is 5.56 Å². The molecule has 2 aromatic rings.